The van der Waals surface area contributed by atoms with E-state index < -0.39 is 0 Å². The third-order valence-corrected chi connectivity index (χ3v) is 5.99. The van der Waals surface area contributed by atoms with Gasteiger partial charge in [-0.15, -0.1) is 76.7 Å². The summed E-state index contributed by atoms with van der Waals surface area (Å²) in [6.07, 6.45) is 5.58. The first-order chi connectivity index (χ1) is 13.5. The molecule has 0 atom stereocenters. The van der Waals surface area contributed by atoms with Gasteiger partial charge in [-0.25, -0.2) is 0 Å². The minimum Gasteiger partial charge on any atom is -0.168 e. The summed E-state index contributed by atoms with van der Waals surface area (Å²) in [5, 5.41) is 7.05. The van der Waals surface area contributed by atoms with Gasteiger partial charge in [0, 0.05) is 0 Å². The van der Waals surface area contributed by atoms with Crippen molar-refractivity contribution in [2.45, 2.75) is 20.8 Å². The monoisotopic (exact) mass is 434 g/mol. The molecule has 0 aliphatic rings. The Morgan fingerprint density at radius 3 is 2.21 bits per heavy atom. The Morgan fingerprint density at radius 1 is 0.966 bits per heavy atom. The first-order valence-corrected chi connectivity index (χ1v) is 11.9. The number of aryl methyl sites for hydroxylation is 2. The van der Waals surface area contributed by atoms with Gasteiger partial charge >= 0.3 is 21.7 Å². The molecule has 0 nitrogen and oxygen atoms in total. The number of benzene rings is 2. The molecule has 0 aliphatic carbocycles. The van der Waals surface area contributed by atoms with Crippen LogP contribution in [0.5, 0.6) is 0 Å². The van der Waals surface area contributed by atoms with Crippen molar-refractivity contribution < 1.29 is 21.7 Å². The zero-order valence-electron chi connectivity index (χ0n) is 18.2. The Bertz CT molecular complexity index is 978. The number of allylic oxidation sites excluding steroid dienone is 3. The molecule has 0 saturated heterocycles. The van der Waals surface area contributed by atoms with E-state index in [1.807, 2.05) is 19.1 Å². The molecule has 29 heavy (non-hydrogen) atoms. The van der Waals surface area contributed by atoms with E-state index in [1.54, 1.807) is 6.08 Å². The first-order valence-electron chi connectivity index (χ1n) is 9.66. The van der Waals surface area contributed by atoms with E-state index in [2.05, 4.69) is 100 Å². The minimum atomic E-state index is 0. The standard InChI is InChI=1S/C11H12P.C11H11.C5H8.Ti/c1-12(2)11-7-9-5-3-4-6-10(9)8-11;1-8-6-7-9(2)11-5-3-4-10(8)11;1-3-5-4-2;/h3-8H,1-2H3;3-7H,1-2H3;3-5H,1H2,2H3;/q2*-1;;+2. The SMILES string of the molecule is C=CC=CC.CP(C)c1cc2ccccc2[cH-]1.Cc1ccc(C)c2[cH-]ccc12.[Ti+2]. The second-order valence-corrected chi connectivity index (χ2v) is 9.36. The minimum absolute atomic E-state index is 0. The van der Waals surface area contributed by atoms with Crippen LogP contribution in [0.1, 0.15) is 18.1 Å². The molecule has 2 heteroatoms. The fourth-order valence-electron chi connectivity index (χ4n) is 3.07. The first kappa shape index (κ1) is 25.3. The second kappa shape index (κ2) is 12.8. The molecule has 4 aromatic rings. The van der Waals surface area contributed by atoms with Crippen LogP contribution in [0.25, 0.3) is 21.5 Å². The molecule has 0 radical (unpaired) electrons. The van der Waals surface area contributed by atoms with Crippen molar-refractivity contribution in [3.8, 4) is 0 Å². The zero-order valence-corrected chi connectivity index (χ0v) is 20.7. The van der Waals surface area contributed by atoms with Crippen LogP contribution in [-0.4, -0.2) is 13.3 Å². The maximum atomic E-state index is 3.46. The Balaban J connectivity index is 0.000000232. The summed E-state index contributed by atoms with van der Waals surface area (Å²) >= 11 is 0. The van der Waals surface area contributed by atoms with Crippen molar-refractivity contribution in [2.75, 3.05) is 13.3 Å². The van der Waals surface area contributed by atoms with Gasteiger partial charge in [0.2, 0.25) is 0 Å². The molecule has 0 bridgehead atoms. The number of rotatable bonds is 2. The third kappa shape index (κ3) is 7.24. The molecular formula is C27H31PTi. The smallest absolute Gasteiger partial charge is 0.168 e. The van der Waals surface area contributed by atoms with Gasteiger partial charge in [-0.05, 0) is 27.2 Å². The zero-order chi connectivity index (χ0) is 20.5. The molecule has 0 amide bonds. The van der Waals surface area contributed by atoms with Crippen LogP contribution in [0.15, 0.2) is 91.5 Å². The van der Waals surface area contributed by atoms with E-state index in [1.165, 1.54) is 38.0 Å². The molecule has 0 spiro atoms. The van der Waals surface area contributed by atoms with Crippen LogP contribution < -0.4 is 5.30 Å². The molecule has 0 aliphatic heterocycles. The maximum Gasteiger partial charge on any atom is 2.00 e. The van der Waals surface area contributed by atoms with Gasteiger partial charge in [-0.2, -0.15) is 18.2 Å². The molecule has 0 saturated carbocycles. The summed E-state index contributed by atoms with van der Waals surface area (Å²) < 4.78 is 0. The predicted molar refractivity (Wildman–Crippen MR) is 132 cm³/mol. The van der Waals surface area contributed by atoms with Crippen molar-refractivity contribution in [1.82, 2.24) is 0 Å². The summed E-state index contributed by atoms with van der Waals surface area (Å²) in [6, 6.07) is 24.0. The van der Waals surface area contributed by atoms with Gasteiger partial charge in [-0.3, -0.25) is 0 Å². The number of hydrogen-bond donors (Lipinski definition) is 0. The maximum absolute atomic E-state index is 3.46. The molecule has 0 aromatic heterocycles. The Kier molecular flexibility index (Phi) is 11.1. The largest absolute Gasteiger partial charge is 2.00 e. The molecule has 4 rings (SSSR count). The number of fused-ring (bicyclic) bond motifs is 2. The summed E-state index contributed by atoms with van der Waals surface area (Å²) in [6.45, 7) is 14.3. The van der Waals surface area contributed by atoms with Crippen molar-refractivity contribution in [1.29, 1.82) is 0 Å². The van der Waals surface area contributed by atoms with Crippen molar-refractivity contribution in [3.05, 3.63) is 103 Å². The normalized spacial score (nSPS) is 10.3. The van der Waals surface area contributed by atoms with Crippen LogP contribution >= 0.6 is 7.92 Å². The van der Waals surface area contributed by atoms with Gasteiger partial charge in [0.15, 0.2) is 0 Å². The van der Waals surface area contributed by atoms with E-state index in [0.717, 1.165) is 0 Å². The van der Waals surface area contributed by atoms with Gasteiger partial charge in [0.05, 0.1) is 0 Å². The van der Waals surface area contributed by atoms with E-state index in [0.29, 0.717) is 0 Å². The van der Waals surface area contributed by atoms with Gasteiger partial charge in [-0.1, -0.05) is 49.4 Å². The predicted octanol–water partition coefficient (Wildman–Crippen LogP) is 7.85. The summed E-state index contributed by atoms with van der Waals surface area (Å²) in [5.41, 5.74) is 2.74. The van der Waals surface area contributed by atoms with Crippen molar-refractivity contribution >= 4 is 34.8 Å². The van der Waals surface area contributed by atoms with E-state index >= 15 is 0 Å². The van der Waals surface area contributed by atoms with Gasteiger partial charge in [0.1, 0.15) is 0 Å². The Morgan fingerprint density at radius 2 is 1.66 bits per heavy atom. The summed E-state index contributed by atoms with van der Waals surface area (Å²) in [7, 11) is 0.0576. The van der Waals surface area contributed by atoms with Crippen LogP contribution in [0, 0.1) is 13.8 Å². The molecule has 0 unspecified atom stereocenters. The van der Waals surface area contributed by atoms with Crippen LogP contribution in [0.4, 0.5) is 0 Å². The van der Waals surface area contributed by atoms with Crippen LogP contribution in [0.3, 0.4) is 0 Å². The van der Waals surface area contributed by atoms with Crippen LogP contribution in [0.2, 0.25) is 0 Å². The molecule has 0 fully saturated rings. The molecule has 4 aromatic carbocycles. The van der Waals surface area contributed by atoms with Crippen molar-refractivity contribution in [2.24, 2.45) is 0 Å². The third-order valence-electron chi connectivity index (χ3n) is 4.70. The molecule has 148 valence electrons. The van der Waals surface area contributed by atoms with E-state index in [-0.39, 0.29) is 29.6 Å². The summed E-state index contributed by atoms with van der Waals surface area (Å²) in [5.74, 6) is 0. The Hall–Kier alpha value is -1.72. The Labute approximate surface area is 192 Å². The average Bonchev–Trinajstić information content (AvgIpc) is 3.34. The van der Waals surface area contributed by atoms with Gasteiger partial charge in [0.25, 0.3) is 0 Å². The summed E-state index contributed by atoms with van der Waals surface area (Å²) in [4.78, 5) is 0. The van der Waals surface area contributed by atoms with Crippen LogP contribution in [-0.2, 0) is 21.7 Å². The molecule has 0 heterocycles. The second-order valence-electron chi connectivity index (χ2n) is 7.05. The van der Waals surface area contributed by atoms with Crippen molar-refractivity contribution in [3.63, 3.8) is 0 Å². The molecular weight excluding hydrogens is 403 g/mol. The van der Waals surface area contributed by atoms with E-state index in [4.69, 9.17) is 0 Å². The molecule has 0 N–H and O–H groups in total. The van der Waals surface area contributed by atoms with E-state index in [9.17, 15) is 0 Å². The topological polar surface area (TPSA) is 0 Å². The number of hydrogen-bond acceptors (Lipinski definition) is 0. The van der Waals surface area contributed by atoms with Gasteiger partial charge < -0.3 is 0 Å². The fraction of sp³-hybridized carbons (Fsp3) is 0.185. The fourth-order valence-corrected chi connectivity index (χ4v) is 3.86. The quantitative estimate of drug-likeness (QED) is 0.130. The average molecular weight is 434 g/mol.